The molecule has 0 radical (unpaired) electrons. The first-order valence-corrected chi connectivity index (χ1v) is 8.84. The minimum atomic E-state index is -0.112. The minimum absolute atomic E-state index is 0.00328. The van der Waals surface area contributed by atoms with E-state index in [9.17, 15) is 9.59 Å². The summed E-state index contributed by atoms with van der Waals surface area (Å²) >= 11 is 0. The molecule has 0 spiro atoms. The highest BCUT2D eigenvalue weighted by atomic mass is 16.5. The summed E-state index contributed by atoms with van der Waals surface area (Å²) in [7, 11) is 3.22. The number of guanidine groups is 1. The number of rotatable bonds is 6. The average molecular weight is 348 g/mol. The van der Waals surface area contributed by atoms with Gasteiger partial charge in [0.1, 0.15) is 0 Å². The van der Waals surface area contributed by atoms with E-state index in [-0.39, 0.29) is 17.4 Å². The molecular formula is C18H28N4O3. The predicted octanol–water partition coefficient (Wildman–Crippen LogP) is 1.09. The Kier molecular flexibility index (Phi) is 7.50. The Morgan fingerprint density at radius 2 is 2.08 bits per heavy atom. The minimum Gasteiger partial charge on any atom is -0.469 e. The number of piperidine rings is 1. The van der Waals surface area contributed by atoms with Gasteiger partial charge in [0.2, 0.25) is 5.56 Å². The van der Waals surface area contributed by atoms with Crippen molar-refractivity contribution < 1.29 is 9.53 Å². The van der Waals surface area contributed by atoms with Crippen LogP contribution in [0.5, 0.6) is 0 Å². The lowest BCUT2D eigenvalue weighted by molar-refractivity contribution is -0.146. The van der Waals surface area contributed by atoms with Gasteiger partial charge in [-0.2, -0.15) is 0 Å². The van der Waals surface area contributed by atoms with Gasteiger partial charge in [-0.3, -0.25) is 14.6 Å². The fourth-order valence-electron chi connectivity index (χ4n) is 3.08. The number of methoxy groups -OCH3 is 1. The zero-order valence-electron chi connectivity index (χ0n) is 15.1. The maximum Gasteiger partial charge on any atom is 0.308 e. The van der Waals surface area contributed by atoms with Gasteiger partial charge in [-0.05, 0) is 31.7 Å². The van der Waals surface area contributed by atoms with Gasteiger partial charge >= 0.3 is 5.97 Å². The van der Waals surface area contributed by atoms with E-state index in [1.165, 1.54) is 7.11 Å². The van der Waals surface area contributed by atoms with Gasteiger partial charge in [-0.25, -0.2) is 0 Å². The largest absolute Gasteiger partial charge is 0.469 e. The van der Waals surface area contributed by atoms with Crippen LogP contribution in [0, 0.1) is 5.92 Å². The number of aliphatic imine (C=N–C) groups is 1. The summed E-state index contributed by atoms with van der Waals surface area (Å²) < 4.78 is 6.55. The lowest BCUT2D eigenvalue weighted by Gasteiger charge is -2.33. The number of hydrogen-bond donors (Lipinski definition) is 1. The Morgan fingerprint density at radius 1 is 1.32 bits per heavy atom. The van der Waals surface area contributed by atoms with Gasteiger partial charge in [0.05, 0.1) is 13.0 Å². The number of nitrogens with zero attached hydrogens (tertiary/aromatic N) is 3. The number of carbonyl (C=O) groups excluding carboxylic acids is 1. The Balaban J connectivity index is 1.68. The molecule has 1 fully saturated rings. The number of aryl methyl sites for hydroxylation is 1. The molecule has 0 saturated carbocycles. The summed E-state index contributed by atoms with van der Waals surface area (Å²) in [6, 6.07) is 5.21. The number of ether oxygens (including phenoxy) is 1. The van der Waals surface area contributed by atoms with Crippen molar-refractivity contribution in [3.8, 4) is 0 Å². The van der Waals surface area contributed by atoms with E-state index < -0.39 is 0 Å². The van der Waals surface area contributed by atoms with Crippen LogP contribution in [-0.4, -0.2) is 55.2 Å². The highest BCUT2D eigenvalue weighted by molar-refractivity contribution is 5.80. The van der Waals surface area contributed by atoms with E-state index in [0.717, 1.165) is 57.8 Å². The number of likely N-dealkylation sites (tertiary alicyclic amines) is 1. The summed E-state index contributed by atoms with van der Waals surface area (Å²) in [4.78, 5) is 29.7. The van der Waals surface area contributed by atoms with E-state index >= 15 is 0 Å². The molecule has 1 aliphatic rings. The summed E-state index contributed by atoms with van der Waals surface area (Å²) in [5.74, 6) is 0.766. The van der Waals surface area contributed by atoms with Crippen LogP contribution in [0.3, 0.4) is 0 Å². The maximum absolute atomic E-state index is 11.6. The fraction of sp³-hybridized carbons (Fsp3) is 0.611. The summed E-state index contributed by atoms with van der Waals surface area (Å²) in [6.45, 7) is 3.15. The molecule has 0 amide bonds. The Morgan fingerprint density at radius 3 is 2.72 bits per heavy atom. The second-order valence-corrected chi connectivity index (χ2v) is 6.20. The highest BCUT2D eigenvalue weighted by Gasteiger charge is 2.26. The molecule has 1 N–H and O–H groups in total. The number of esters is 1. The monoisotopic (exact) mass is 348 g/mol. The SMILES string of the molecule is CN=C(NCCCCn1ccccc1=O)N1CCC(C(=O)OC)CC1. The van der Waals surface area contributed by atoms with Crippen molar-refractivity contribution in [1.29, 1.82) is 0 Å². The second-order valence-electron chi connectivity index (χ2n) is 6.20. The lowest BCUT2D eigenvalue weighted by atomic mass is 9.97. The summed E-state index contributed by atoms with van der Waals surface area (Å²) in [6.07, 6.45) is 5.30. The van der Waals surface area contributed by atoms with Crippen LogP contribution in [0.4, 0.5) is 0 Å². The molecule has 0 aromatic carbocycles. The summed E-state index contributed by atoms with van der Waals surface area (Å²) in [5.41, 5.74) is 0.0414. The van der Waals surface area contributed by atoms with Crippen molar-refractivity contribution in [3.05, 3.63) is 34.7 Å². The van der Waals surface area contributed by atoms with E-state index in [1.54, 1.807) is 23.7 Å². The van der Waals surface area contributed by atoms with E-state index in [4.69, 9.17) is 4.74 Å². The molecular weight excluding hydrogens is 320 g/mol. The molecule has 1 aromatic heterocycles. The predicted molar refractivity (Wildman–Crippen MR) is 97.6 cm³/mol. The number of hydrogen-bond acceptors (Lipinski definition) is 4. The number of carbonyl (C=O) groups is 1. The van der Waals surface area contributed by atoms with Gasteiger partial charge < -0.3 is 19.5 Å². The van der Waals surface area contributed by atoms with Gasteiger partial charge in [0, 0.05) is 45.5 Å². The Bertz CT molecular complexity index is 633. The molecule has 1 saturated heterocycles. The Labute approximate surface area is 148 Å². The molecule has 1 aliphatic heterocycles. The van der Waals surface area contributed by atoms with Crippen molar-refractivity contribution in [2.24, 2.45) is 10.9 Å². The molecule has 2 heterocycles. The van der Waals surface area contributed by atoms with Gasteiger partial charge in [-0.15, -0.1) is 0 Å². The topological polar surface area (TPSA) is 75.9 Å². The molecule has 2 rings (SSSR count). The van der Waals surface area contributed by atoms with Crippen molar-refractivity contribution >= 4 is 11.9 Å². The molecule has 0 atom stereocenters. The van der Waals surface area contributed by atoms with E-state index in [2.05, 4.69) is 15.2 Å². The average Bonchev–Trinajstić information content (AvgIpc) is 2.65. The molecule has 7 nitrogen and oxygen atoms in total. The first-order valence-electron chi connectivity index (χ1n) is 8.84. The van der Waals surface area contributed by atoms with Crippen molar-refractivity contribution in [2.45, 2.75) is 32.2 Å². The molecule has 138 valence electrons. The molecule has 0 aliphatic carbocycles. The third kappa shape index (κ3) is 5.62. The molecule has 7 heteroatoms. The normalized spacial score (nSPS) is 15.9. The molecule has 25 heavy (non-hydrogen) atoms. The van der Waals surface area contributed by atoms with Crippen LogP contribution >= 0.6 is 0 Å². The van der Waals surface area contributed by atoms with Crippen LogP contribution < -0.4 is 10.9 Å². The fourth-order valence-corrected chi connectivity index (χ4v) is 3.08. The molecule has 1 aromatic rings. The lowest BCUT2D eigenvalue weighted by Crippen LogP contribution is -2.46. The molecule has 0 unspecified atom stereocenters. The molecule has 0 bridgehead atoms. The first-order chi connectivity index (χ1) is 12.2. The zero-order valence-corrected chi connectivity index (χ0v) is 15.1. The van der Waals surface area contributed by atoms with Crippen LogP contribution in [0.1, 0.15) is 25.7 Å². The van der Waals surface area contributed by atoms with Gasteiger partial charge in [0.15, 0.2) is 5.96 Å². The quantitative estimate of drug-likeness (QED) is 0.360. The van der Waals surface area contributed by atoms with E-state index in [1.807, 2.05) is 12.3 Å². The first kappa shape index (κ1) is 19.0. The van der Waals surface area contributed by atoms with Crippen LogP contribution in [0.15, 0.2) is 34.2 Å². The third-order valence-electron chi connectivity index (χ3n) is 4.55. The highest BCUT2D eigenvalue weighted by Crippen LogP contribution is 2.18. The van der Waals surface area contributed by atoms with Crippen LogP contribution in [-0.2, 0) is 16.1 Å². The Hall–Kier alpha value is -2.31. The maximum atomic E-state index is 11.6. The second kappa shape index (κ2) is 9.86. The van der Waals surface area contributed by atoms with Crippen molar-refractivity contribution in [2.75, 3.05) is 33.8 Å². The number of aromatic nitrogens is 1. The van der Waals surface area contributed by atoms with E-state index in [0.29, 0.717) is 0 Å². The zero-order chi connectivity index (χ0) is 18.1. The van der Waals surface area contributed by atoms with Crippen LogP contribution in [0.2, 0.25) is 0 Å². The van der Waals surface area contributed by atoms with Crippen molar-refractivity contribution in [1.82, 2.24) is 14.8 Å². The number of unbranched alkanes of at least 4 members (excludes halogenated alkanes) is 1. The number of pyridine rings is 1. The van der Waals surface area contributed by atoms with Crippen LogP contribution in [0.25, 0.3) is 0 Å². The standard InChI is InChI=1S/C18H28N4O3/c1-19-18(22-13-8-15(9-14-22)17(24)25-2)20-10-4-6-12-21-11-5-3-7-16(21)23/h3,5,7,11,15H,4,6,8-10,12-14H2,1-2H3,(H,19,20). The summed E-state index contributed by atoms with van der Waals surface area (Å²) in [5, 5.41) is 3.37. The van der Waals surface area contributed by atoms with Gasteiger partial charge in [0.25, 0.3) is 0 Å². The number of nitrogens with one attached hydrogen (secondary N) is 1. The van der Waals surface area contributed by atoms with Crippen molar-refractivity contribution in [3.63, 3.8) is 0 Å². The smallest absolute Gasteiger partial charge is 0.308 e. The third-order valence-corrected chi connectivity index (χ3v) is 4.55. The van der Waals surface area contributed by atoms with Gasteiger partial charge in [-0.1, -0.05) is 6.07 Å².